The van der Waals surface area contributed by atoms with E-state index in [0.29, 0.717) is 23.5 Å². The van der Waals surface area contributed by atoms with Crippen LogP contribution in [0.1, 0.15) is 15.9 Å². The van der Waals surface area contributed by atoms with E-state index < -0.39 is 6.16 Å². The molecule has 2 heterocycles. The second-order valence-electron chi connectivity index (χ2n) is 6.77. The topological polar surface area (TPSA) is 118 Å². The molecule has 9 heteroatoms. The number of hydrogen-bond acceptors (Lipinski definition) is 6. The fourth-order valence-electron chi connectivity index (χ4n) is 3.16. The van der Waals surface area contributed by atoms with Crippen molar-refractivity contribution < 1.29 is 19.4 Å². The van der Waals surface area contributed by atoms with Crippen LogP contribution in [0.2, 0.25) is 0 Å². The molecule has 0 unspecified atom stereocenters. The fourth-order valence-corrected chi connectivity index (χ4v) is 3.16. The van der Waals surface area contributed by atoms with E-state index in [9.17, 15) is 9.59 Å². The van der Waals surface area contributed by atoms with Gasteiger partial charge >= 0.3 is 6.16 Å². The van der Waals surface area contributed by atoms with Gasteiger partial charge in [-0.15, -0.1) is 0 Å². The van der Waals surface area contributed by atoms with Gasteiger partial charge in [0.25, 0.3) is 5.91 Å². The lowest BCUT2D eigenvalue weighted by atomic mass is 10.1. The first-order valence-electron chi connectivity index (χ1n) is 9.41. The van der Waals surface area contributed by atoms with Crippen LogP contribution in [0.4, 0.5) is 16.2 Å². The smallest absolute Gasteiger partial charge is 0.449 e. The molecule has 0 aliphatic carbocycles. The second kappa shape index (κ2) is 8.54. The number of nitrogens with one attached hydrogen (secondary N) is 2. The summed E-state index contributed by atoms with van der Waals surface area (Å²) in [6.07, 6.45) is 1.80. The maximum absolute atomic E-state index is 12.9. The van der Waals surface area contributed by atoms with Crippen LogP contribution in [0.3, 0.4) is 0 Å². The molecule has 2 aromatic carbocycles. The molecule has 4 aromatic rings. The number of carbonyl (C=O) groups excluding carboxylic acids is 1. The molecule has 0 saturated carbocycles. The third-order valence-electron chi connectivity index (χ3n) is 4.65. The minimum Gasteiger partial charge on any atom is -0.449 e. The Balaban J connectivity index is 1.49. The number of aromatic nitrogens is 3. The van der Waals surface area contributed by atoms with Crippen molar-refractivity contribution in [2.45, 2.75) is 6.54 Å². The lowest BCUT2D eigenvalue weighted by molar-refractivity contribution is 0.102. The maximum Gasteiger partial charge on any atom is 0.512 e. The van der Waals surface area contributed by atoms with Gasteiger partial charge in [-0.05, 0) is 42.0 Å². The molecule has 156 valence electrons. The maximum atomic E-state index is 12.9. The molecule has 4 rings (SSSR count). The van der Waals surface area contributed by atoms with E-state index in [1.165, 1.54) is 12.3 Å². The molecule has 0 spiro atoms. The van der Waals surface area contributed by atoms with Gasteiger partial charge in [-0.3, -0.25) is 9.48 Å². The molecule has 2 aromatic heterocycles. The largest absolute Gasteiger partial charge is 0.512 e. The lowest BCUT2D eigenvalue weighted by Crippen LogP contribution is -2.15. The lowest BCUT2D eigenvalue weighted by Gasteiger charge is -2.13. The number of benzene rings is 2. The van der Waals surface area contributed by atoms with E-state index in [-0.39, 0.29) is 11.8 Å². The molecule has 1 amide bonds. The summed E-state index contributed by atoms with van der Waals surface area (Å²) >= 11 is 0. The SMILES string of the molecule is Cn1ncc2ccc(NC(=O)c3ccccc3NCc3ccnc(OC(=O)O)c3)cc21. The first kappa shape index (κ1) is 19.9. The number of nitrogens with zero attached hydrogens (tertiary/aromatic N) is 3. The van der Waals surface area contributed by atoms with Gasteiger partial charge in [0.2, 0.25) is 5.88 Å². The van der Waals surface area contributed by atoms with Crippen LogP contribution in [0.5, 0.6) is 5.88 Å². The zero-order chi connectivity index (χ0) is 21.8. The Morgan fingerprint density at radius 1 is 1.13 bits per heavy atom. The van der Waals surface area contributed by atoms with Crippen LogP contribution in [-0.4, -0.2) is 31.9 Å². The van der Waals surface area contributed by atoms with Crippen LogP contribution < -0.4 is 15.4 Å². The normalized spacial score (nSPS) is 10.6. The number of carbonyl (C=O) groups is 2. The summed E-state index contributed by atoms with van der Waals surface area (Å²) in [4.78, 5) is 27.4. The van der Waals surface area contributed by atoms with Gasteiger partial charge in [0.1, 0.15) is 0 Å². The number of amides is 1. The van der Waals surface area contributed by atoms with Gasteiger partial charge in [-0.25, -0.2) is 9.78 Å². The molecular weight excluding hydrogens is 398 g/mol. The Morgan fingerprint density at radius 2 is 1.97 bits per heavy atom. The van der Waals surface area contributed by atoms with Gasteiger partial charge in [0.05, 0.1) is 17.3 Å². The summed E-state index contributed by atoms with van der Waals surface area (Å²) in [5, 5.41) is 20.0. The summed E-state index contributed by atoms with van der Waals surface area (Å²) in [7, 11) is 1.85. The molecule has 31 heavy (non-hydrogen) atoms. The summed E-state index contributed by atoms with van der Waals surface area (Å²) < 4.78 is 6.32. The number of ether oxygens (including phenoxy) is 1. The first-order chi connectivity index (χ1) is 15.0. The predicted octanol–water partition coefficient (Wildman–Crippen LogP) is 3.89. The van der Waals surface area contributed by atoms with Crippen LogP contribution in [0.25, 0.3) is 10.9 Å². The van der Waals surface area contributed by atoms with Crippen LogP contribution in [0, 0.1) is 0 Å². The quantitative estimate of drug-likeness (QED) is 0.407. The van der Waals surface area contributed by atoms with Crippen molar-refractivity contribution in [1.29, 1.82) is 0 Å². The Bertz CT molecular complexity index is 1270. The highest BCUT2D eigenvalue weighted by molar-refractivity contribution is 6.08. The molecule has 0 fully saturated rings. The highest BCUT2D eigenvalue weighted by Crippen LogP contribution is 2.22. The molecule has 0 aliphatic heterocycles. The molecule has 0 saturated heterocycles. The number of pyridine rings is 1. The molecule has 0 atom stereocenters. The Kier molecular flexibility index (Phi) is 5.48. The molecule has 0 aliphatic rings. The zero-order valence-corrected chi connectivity index (χ0v) is 16.6. The summed E-state index contributed by atoms with van der Waals surface area (Å²) in [5.74, 6) is -0.266. The highest BCUT2D eigenvalue weighted by Gasteiger charge is 2.12. The van der Waals surface area contributed by atoms with E-state index in [1.54, 1.807) is 35.1 Å². The summed E-state index contributed by atoms with van der Waals surface area (Å²) in [6.45, 7) is 0.351. The standard InChI is InChI=1S/C22H19N5O4/c1-27-19-11-16(7-6-15(19)13-25-27)26-21(28)17-4-2-3-5-18(17)24-12-14-8-9-23-20(10-14)31-22(29)30/h2-11,13,24H,12H2,1H3,(H,26,28)(H,29,30). The summed E-state index contributed by atoms with van der Waals surface area (Å²) in [6, 6.07) is 16.0. The van der Waals surface area contributed by atoms with Crippen LogP contribution >= 0.6 is 0 Å². The van der Waals surface area contributed by atoms with E-state index in [2.05, 4.69) is 25.5 Å². The van der Waals surface area contributed by atoms with Gasteiger partial charge in [-0.2, -0.15) is 5.10 Å². The van der Waals surface area contributed by atoms with E-state index in [4.69, 9.17) is 5.11 Å². The molecule has 9 nitrogen and oxygen atoms in total. The number of anilines is 2. The molecule has 3 N–H and O–H groups in total. The molecular formula is C22H19N5O4. The highest BCUT2D eigenvalue weighted by atomic mass is 16.7. The van der Waals surface area contributed by atoms with Gasteiger partial charge in [0.15, 0.2) is 0 Å². The number of para-hydroxylation sites is 1. The minimum absolute atomic E-state index is 0.0108. The summed E-state index contributed by atoms with van der Waals surface area (Å²) in [5.41, 5.74) is 3.45. The van der Waals surface area contributed by atoms with Crippen molar-refractivity contribution in [2.75, 3.05) is 10.6 Å². The average molecular weight is 417 g/mol. The van der Waals surface area contributed by atoms with E-state index in [0.717, 1.165) is 16.5 Å². The number of aryl methyl sites for hydroxylation is 1. The van der Waals surface area contributed by atoms with Crippen molar-refractivity contribution >= 4 is 34.3 Å². The Morgan fingerprint density at radius 3 is 2.81 bits per heavy atom. The number of rotatable bonds is 6. The van der Waals surface area contributed by atoms with Crippen molar-refractivity contribution in [2.24, 2.45) is 7.05 Å². The van der Waals surface area contributed by atoms with E-state index in [1.807, 2.05) is 31.3 Å². The Labute approximate surface area is 177 Å². The number of fused-ring (bicyclic) bond motifs is 1. The third kappa shape index (κ3) is 4.61. The Hall–Kier alpha value is -4.40. The first-order valence-corrected chi connectivity index (χ1v) is 9.41. The van der Waals surface area contributed by atoms with Gasteiger partial charge < -0.3 is 20.5 Å². The number of hydrogen-bond donors (Lipinski definition) is 3. The predicted molar refractivity (Wildman–Crippen MR) is 115 cm³/mol. The van der Waals surface area contributed by atoms with Crippen molar-refractivity contribution in [3.63, 3.8) is 0 Å². The van der Waals surface area contributed by atoms with Crippen molar-refractivity contribution in [1.82, 2.24) is 14.8 Å². The zero-order valence-electron chi connectivity index (χ0n) is 16.6. The number of carboxylic acid groups (broad SMARTS) is 1. The molecule has 0 bridgehead atoms. The third-order valence-corrected chi connectivity index (χ3v) is 4.65. The van der Waals surface area contributed by atoms with E-state index >= 15 is 0 Å². The average Bonchev–Trinajstić information content (AvgIpc) is 3.12. The fraction of sp³-hybridized carbons (Fsp3) is 0.0909. The van der Waals surface area contributed by atoms with Crippen molar-refractivity contribution in [3.05, 3.63) is 78.1 Å². The van der Waals surface area contributed by atoms with Crippen molar-refractivity contribution in [3.8, 4) is 5.88 Å². The van der Waals surface area contributed by atoms with Gasteiger partial charge in [-0.1, -0.05) is 12.1 Å². The minimum atomic E-state index is -1.43. The monoisotopic (exact) mass is 417 g/mol. The molecule has 0 radical (unpaired) electrons. The van der Waals surface area contributed by atoms with Crippen LogP contribution in [-0.2, 0) is 13.6 Å². The van der Waals surface area contributed by atoms with Crippen LogP contribution in [0.15, 0.2) is 67.0 Å². The second-order valence-corrected chi connectivity index (χ2v) is 6.77. The van der Waals surface area contributed by atoms with Gasteiger partial charge in [0, 0.05) is 42.6 Å².